The van der Waals surface area contributed by atoms with Crippen molar-refractivity contribution in [1.82, 2.24) is 4.98 Å². The minimum absolute atomic E-state index is 0.316. The number of halogens is 3. The summed E-state index contributed by atoms with van der Waals surface area (Å²) in [6, 6.07) is 10.4. The molecule has 17 heavy (non-hydrogen) atoms. The highest BCUT2D eigenvalue weighted by Gasteiger charge is 2.35. The molecule has 0 unspecified atom stereocenters. The van der Waals surface area contributed by atoms with Crippen molar-refractivity contribution in [3.63, 3.8) is 0 Å². The number of aromatic nitrogens is 1. The van der Waals surface area contributed by atoms with Crippen molar-refractivity contribution in [3.05, 3.63) is 54.2 Å². The Kier molecular flexibility index (Phi) is 2.99. The molecular weight excluding hydrogens is 231 g/mol. The largest absolute Gasteiger partial charge is 0.438 e. The molecule has 0 aliphatic rings. The van der Waals surface area contributed by atoms with Gasteiger partial charge in [0.15, 0.2) is 0 Å². The highest BCUT2D eigenvalue weighted by Crippen LogP contribution is 2.36. The summed E-state index contributed by atoms with van der Waals surface area (Å²) in [5.41, 5.74) is -0.885. The zero-order chi connectivity index (χ0) is 12.3. The van der Waals surface area contributed by atoms with Gasteiger partial charge in [-0.1, -0.05) is 18.2 Å². The fourth-order valence-corrected chi connectivity index (χ4v) is 1.29. The van der Waals surface area contributed by atoms with Crippen molar-refractivity contribution >= 4 is 0 Å². The standard InChI is InChI=1S/C12H8F3NO/c13-12(14,15)10-7-4-8-16-11(10)17-9-5-2-1-3-6-9/h1-8H. The van der Waals surface area contributed by atoms with Crippen LogP contribution in [0.1, 0.15) is 5.56 Å². The topological polar surface area (TPSA) is 22.1 Å². The minimum atomic E-state index is -4.47. The first-order chi connectivity index (χ1) is 8.07. The molecular formula is C12H8F3NO. The Labute approximate surface area is 95.7 Å². The number of benzene rings is 1. The number of ether oxygens (including phenoxy) is 1. The maximum atomic E-state index is 12.6. The Morgan fingerprint density at radius 1 is 0.941 bits per heavy atom. The number of para-hydroxylation sites is 1. The van der Waals surface area contributed by atoms with Gasteiger partial charge in [0.05, 0.1) is 0 Å². The fraction of sp³-hybridized carbons (Fsp3) is 0.0833. The predicted molar refractivity (Wildman–Crippen MR) is 55.8 cm³/mol. The van der Waals surface area contributed by atoms with Crippen molar-refractivity contribution in [2.75, 3.05) is 0 Å². The van der Waals surface area contributed by atoms with Gasteiger partial charge >= 0.3 is 6.18 Å². The number of hydrogen-bond acceptors (Lipinski definition) is 2. The molecule has 2 rings (SSSR count). The smallest absolute Gasteiger partial charge is 0.421 e. The summed E-state index contributed by atoms with van der Waals surface area (Å²) in [5.74, 6) is -0.122. The highest BCUT2D eigenvalue weighted by molar-refractivity contribution is 5.33. The van der Waals surface area contributed by atoms with E-state index in [1.165, 1.54) is 12.3 Å². The van der Waals surface area contributed by atoms with Crippen LogP contribution in [0.15, 0.2) is 48.7 Å². The Balaban J connectivity index is 2.34. The van der Waals surface area contributed by atoms with Gasteiger partial charge in [-0.05, 0) is 24.3 Å². The maximum absolute atomic E-state index is 12.6. The van der Waals surface area contributed by atoms with Gasteiger partial charge in [0, 0.05) is 6.20 Å². The molecule has 2 nitrogen and oxygen atoms in total. The first-order valence-electron chi connectivity index (χ1n) is 4.82. The Bertz CT molecular complexity index is 497. The molecule has 0 fully saturated rings. The molecule has 0 radical (unpaired) electrons. The third kappa shape index (κ3) is 2.75. The number of hydrogen-bond donors (Lipinski definition) is 0. The second-order valence-corrected chi connectivity index (χ2v) is 3.27. The summed E-state index contributed by atoms with van der Waals surface area (Å²) < 4.78 is 43.0. The van der Waals surface area contributed by atoms with Crippen LogP contribution in [0.3, 0.4) is 0 Å². The van der Waals surface area contributed by atoms with Gasteiger partial charge in [-0.2, -0.15) is 13.2 Å². The summed E-state index contributed by atoms with van der Waals surface area (Å²) in [7, 11) is 0. The lowest BCUT2D eigenvalue weighted by Crippen LogP contribution is -2.07. The van der Waals surface area contributed by atoms with Crippen LogP contribution in [0.4, 0.5) is 13.2 Å². The van der Waals surface area contributed by atoms with E-state index < -0.39 is 17.6 Å². The SMILES string of the molecule is FC(F)(F)c1cccnc1Oc1ccccc1. The van der Waals surface area contributed by atoms with Crippen LogP contribution >= 0.6 is 0 Å². The molecule has 0 aliphatic carbocycles. The van der Waals surface area contributed by atoms with Crippen molar-refractivity contribution in [3.8, 4) is 11.6 Å². The Hall–Kier alpha value is -2.04. The van der Waals surface area contributed by atoms with Crippen molar-refractivity contribution in [1.29, 1.82) is 0 Å². The molecule has 2 aromatic rings. The molecule has 1 aromatic heterocycles. The zero-order valence-corrected chi connectivity index (χ0v) is 8.61. The molecule has 0 saturated heterocycles. The quantitative estimate of drug-likeness (QED) is 0.793. The third-order valence-corrected chi connectivity index (χ3v) is 2.03. The van der Waals surface area contributed by atoms with Crippen LogP contribution < -0.4 is 4.74 Å². The molecule has 0 N–H and O–H groups in total. The monoisotopic (exact) mass is 239 g/mol. The number of pyridine rings is 1. The van der Waals surface area contributed by atoms with Gasteiger partial charge in [0.2, 0.25) is 5.88 Å². The average molecular weight is 239 g/mol. The molecule has 1 aromatic carbocycles. The van der Waals surface area contributed by atoms with E-state index in [2.05, 4.69) is 4.98 Å². The zero-order valence-electron chi connectivity index (χ0n) is 8.61. The van der Waals surface area contributed by atoms with E-state index >= 15 is 0 Å². The molecule has 0 aliphatic heterocycles. The van der Waals surface area contributed by atoms with Gasteiger partial charge in [-0.15, -0.1) is 0 Å². The van der Waals surface area contributed by atoms with Crippen LogP contribution in [0.25, 0.3) is 0 Å². The first kappa shape index (κ1) is 11.4. The van der Waals surface area contributed by atoms with E-state index in [9.17, 15) is 13.2 Å². The molecule has 88 valence electrons. The van der Waals surface area contributed by atoms with E-state index in [0.717, 1.165) is 6.07 Å². The van der Waals surface area contributed by atoms with Crippen molar-refractivity contribution in [2.24, 2.45) is 0 Å². The lowest BCUT2D eigenvalue weighted by atomic mass is 10.2. The molecule has 0 atom stereocenters. The molecule has 1 heterocycles. The number of nitrogens with zero attached hydrogens (tertiary/aromatic N) is 1. The molecule has 5 heteroatoms. The maximum Gasteiger partial charge on any atom is 0.421 e. The lowest BCUT2D eigenvalue weighted by molar-refractivity contribution is -0.138. The van der Waals surface area contributed by atoms with E-state index in [4.69, 9.17) is 4.74 Å². The molecule has 0 spiro atoms. The fourth-order valence-electron chi connectivity index (χ4n) is 1.29. The van der Waals surface area contributed by atoms with Gasteiger partial charge < -0.3 is 4.74 Å². The molecule has 0 amide bonds. The first-order valence-corrected chi connectivity index (χ1v) is 4.82. The second-order valence-electron chi connectivity index (χ2n) is 3.27. The van der Waals surface area contributed by atoms with Crippen LogP contribution in [0, 0.1) is 0 Å². The normalized spacial score (nSPS) is 11.2. The van der Waals surface area contributed by atoms with E-state index in [-0.39, 0.29) is 0 Å². The van der Waals surface area contributed by atoms with Gasteiger partial charge in [0.1, 0.15) is 11.3 Å². The van der Waals surface area contributed by atoms with Crippen LogP contribution in [-0.4, -0.2) is 4.98 Å². The van der Waals surface area contributed by atoms with Gasteiger partial charge in [-0.25, -0.2) is 4.98 Å². The summed E-state index contributed by atoms with van der Waals surface area (Å²) in [5, 5.41) is 0. The van der Waals surface area contributed by atoms with Crippen LogP contribution in [0.5, 0.6) is 11.6 Å². The van der Waals surface area contributed by atoms with E-state index in [1.54, 1.807) is 30.3 Å². The van der Waals surface area contributed by atoms with Crippen molar-refractivity contribution < 1.29 is 17.9 Å². The van der Waals surface area contributed by atoms with E-state index in [1.807, 2.05) is 0 Å². The summed E-state index contributed by atoms with van der Waals surface area (Å²) in [6.07, 6.45) is -3.22. The Morgan fingerprint density at radius 2 is 1.65 bits per heavy atom. The average Bonchev–Trinajstić information content (AvgIpc) is 2.30. The van der Waals surface area contributed by atoms with E-state index in [0.29, 0.717) is 5.75 Å². The molecule has 0 bridgehead atoms. The summed E-state index contributed by atoms with van der Waals surface area (Å²) in [4.78, 5) is 3.60. The van der Waals surface area contributed by atoms with Crippen LogP contribution in [0.2, 0.25) is 0 Å². The Morgan fingerprint density at radius 3 is 2.29 bits per heavy atom. The van der Waals surface area contributed by atoms with Crippen LogP contribution in [-0.2, 0) is 6.18 Å². The van der Waals surface area contributed by atoms with Crippen molar-refractivity contribution in [2.45, 2.75) is 6.18 Å². The lowest BCUT2D eigenvalue weighted by Gasteiger charge is -2.11. The number of alkyl halides is 3. The highest BCUT2D eigenvalue weighted by atomic mass is 19.4. The number of rotatable bonds is 2. The minimum Gasteiger partial charge on any atom is -0.438 e. The van der Waals surface area contributed by atoms with Gasteiger partial charge in [0.25, 0.3) is 0 Å². The molecule has 0 saturated carbocycles. The second kappa shape index (κ2) is 4.45. The summed E-state index contributed by atoms with van der Waals surface area (Å²) in [6.45, 7) is 0. The third-order valence-electron chi connectivity index (χ3n) is 2.03. The predicted octanol–water partition coefficient (Wildman–Crippen LogP) is 3.89. The van der Waals surface area contributed by atoms with Gasteiger partial charge in [-0.3, -0.25) is 0 Å². The summed E-state index contributed by atoms with van der Waals surface area (Å²) >= 11 is 0.